The molecule has 166 valence electrons. The van der Waals surface area contributed by atoms with Crippen LogP contribution in [-0.2, 0) is 4.74 Å². The van der Waals surface area contributed by atoms with E-state index in [0.29, 0.717) is 27.7 Å². The van der Waals surface area contributed by atoms with Gasteiger partial charge in [-0.15, -0.1) is 0 Å². The van der Waals surface area contributed by atoms with Gasteiger partial charge in [-0.25, -0.2) is 0 Å². The Bertz CT molecular complexity index is 757. The third-order valence-electron chi connectivity index (χ3n) is 5.40. The molecule has 3 N–H and O–H groups in total. The van der Waals surface area contributed by atoms with Gasteiger partial charge in [0.05, 0.1) is 6.04 Å². The van der Waals surface area contributed by atoms with Gasteiger partial charge in [-0.2, -0.15) is 5.10 Å². The smallest absolute Gasteiger partial charge is 0.159 e. The molecule has 0 aromatic heterocycles. The van der Waals surface area contributed by atoms with Crippen LogP contribution in [0.25, 0.3) is 0 Å². The lowest BCUT2D eigenvalue weighted by Gasteiger charge is -2.41. The number of piperidine rings is 1. The van der Waals surface area contributed by atoms with E-state index >= 15 is 0 Å². The molecule has 1 aliphatic rings. The predicted molar refractivity (Wildman–Crippen MR) is 126 cm³/mol. The minimum Gasteiger partial charge on any atom is -0.482 e. The average molecular weight is 454 g/mol. The highest BCUT2D eigenvalue weighted by Crippen LogP contribution is 2.34. The minimum absolute atomic E-state index is 0.0675. The van der Waals surface area contributed by atoms with E-state index in [1.54, 1.807) is 24.3 Å². The Labute approximate surface area is 190 Å². The highest BCUT2D eigenvalue weighted by atomic mass is 35.5. The fourth-order valence-electron chi connectivity index (χ4n) is 3.61. The second-order valence-electron chi connectivity index (χ2n) is 7.33. The summed E-state index contributed by atoms with van der Waals surface area (Å²) in [6.07, 6.45) is 5.03. The SMILES string of the molecule is C=C/C(OC(C)c1c(Cl)cccc1Cl)=C(/N)N(C)C(C)N(/N=C\C)C1CCNCC1. The monoisotopic (exact) mass is 453 g/mol. The van der Waals surface area contributed by atoms with E-state index in [1.165, 1.54) is 0 Å². The first-order valence-electron chi connectivity index (χ1n) is 10.2. The lowest BCUT2D eigenvalue weighted by atomic mass is 10.1. The van der Waals surface area contributed by atoms with E-state index < -0.39 is 6.10 Å². The highest BCUT2D eigenvalue weighted by molar-refractivity contribution is 6.36. The molecule has 0 saturated carbocycles. The van der Waals surface area contributed by atoms with Gasteiger partial charge in [-0.3, -0.25) is 5.01 Å². The van der Waals surface area contributed by atoms with Crippen LogP contribution in [0, 0.1) is 0 Å². The molecule has 2 atom stereocenters. The van der Waals surface area contributed by atoms with Crippen molar-refractivity contribution in [3.05, 3.63) is 58.0 Å². The summed E-state index contributed by atoms with van der Waals surface area (Å²) >= 11 is 12.7. The van der Waals surface area contributed by atoms with E-state index in [0.717, 1.165) is 31.5 Å². The van der Waals surface area contributed by atoms with Crippen LogP contribution in [0.3, 0.4) is 0 Å². The Balaban J connectivity index is 2.23. The molecule has 0 bridgehead atoms. The summed E-state index contributed by atoms with van der Waals surface area (Å²) in [6.45, 7) is 11.7. The van der Waals surface area contributed by atoms with E-state index in [4.69, 9.17) is 33.7 Å². The molecule has 6 nitrogen and oxygen atoms in total. The molecule has 2 rings (SSSR count). The molecule has 8 heteroatoms. The topological polar surface area (TPSA) is 66.1 Å². The number of benzene rings is 1. The van der Waals surface area contributed by atoms with Crippen LogP contribution < -0.4 is 11.1 Å². The Morgan fingerprint density at radius 1 is 1.30 bits per heavy atom. The van der Waals surface area contributed by atoms with Crippen LogP contribution in [0.2, 0.25) is 10.0 Å². The molecule has 30 heavy (non-hydrogen) atoms. The molecule has 1 aromatic carbocycles. The lowest BCUT2D eigenvalue weighted by molar-refractivity contribution is 0.0400. The summed E-state index contributed by atoms with van der Waals surface area (Å²) < 4.78 is 6.12. The van der Waals surface area contributed by atoms with Gasteiger partial charge in [0.2, 0.25) is 0 Å². The number of hydrogen-bond donors (Lipinski definition) is 2. The number of allylic oxidation sites excluding steroid dienone is 1. The van der Waals surface area contributed by atoms with Crippen molar-refractivity contribution in [2.45, 2.75) is 51.9 Å². The van der Waals surface area contributed by atoms with Crippen molar-refractivity contribution < 1.29 is 4.74 Å². The fourth-order valence-corrected chi connectivity index (χ4v) is 4.32. The number of hydrazone groups is 1. The third kappa shape index (κ3) is 5.84. The first kappa shape index (κ1) is 24.4. The lowest BCUT2D eigenvalue weighted by Crippen LogP contribution is -2.51. The van der Waals surface area contributed by atoms with Gasteiger partial charge in [0.25, 0.3) is 0 Å². The number of nitrogens with one attached hydrogen (secondary N) is 1. The van der Waals surface area contributed by atoms with E-state index in [-0.39, 0.29) is 6.17 Å². The summed E-state index contributed by atoms with van der Waals surface area (Å²) in [5.41, 5.74) is 7.21. The van der Waals surface area contributed by atoms with Crippen LogP contribution in [-0.4, -0.2) is 48.5 Å². The molecule has 0 spiro atoms. The molecule has 2 unspecified atom stereocenters. The van der Waals surface area contributed by atoms with Crippen LogP contribution in [0.5, 0.6) is 0 Å². The van der Waals surface area contributed by atoms with Crippen LogP contribution in [0.15, 0.2) is 47.5 Å². The van der Waals surface area contributed by atoms with Crippen molar-refractivity contribution in [3.8, 4) is 0 Å². The van der Waals surface area contributed by atoms with Gasteiger partial charge < -0.3 is 20.7 Å². The maximum Gasteiger partial charge on any atom is 0.159 e. The van der Waals surface area contributed by atoms with E-state index in [2.05, 4.69) is 28.9 Å². The predicted octanol–water partition coefficient (Wildman–Crippen LogP) is 4.72. The highest BCUT2D eigenvalue weighted by Gasteiger charge is 2.28. The zero-order valence-corrected chi connectivity index (χ0v) is 19.7. The molecular formula is C22H33Cl2N5O. The van der Waals surface area contributed by atoms with Gasteiger partial charge in [0.15, 0.2) is 5.76 Å². The molecule has 1 fully saturated rings. The first-order chi connectivity index (χ1) is 14.3. The standard InChI is InChI=1S/C22H33Cl2N5O/c1-6-20(30-15(3)21-18(23)9-8-10-19(21)24)22(25)28(5)16(4)29(27-7-2)17-11-13-26-14-12-17/h6-10,15-17,26H,1,11-14,25H2,2-5H3/b22-20+,27-7-. The summed E-state index contributed by atoms with van der Waals surface area (Å²) in [7, 11) is 1.93. The second-order valence-corrected chi connectivity index (χ2v) is 8.14. The second kappa shape index (κ2) is 11.5. The molecule has 0 radical (unpaired) electrons. The molecule has 1 saturated heterocycles. The van der Waals surface area contributed by atoms with Crippen molar-refractivity contribution in [1.29, 1.82) is 0 Å². The summed E-state index contributed by atoms with van der Waals surface area (Å²) in [5.74, 6) is 0.941. The zero-order valence-electron chi connectivity index (χ0n) is 18.2. The minimum atomic E-state index is -0.393. The largest absolute Gasteiger partial charge is 0.482 e. The quantitative estimate of drug-likeness (QED) is 0.186. The average Bonchev–Trinajstić information content (AvgIpc) is 2.74. The summed E-state index contributed by atoms with van der Waals surface area (Å²) in [5, 5.41) is 11.2. The van der Waals surface area contributed by atoms with Crippen LogP contribution in [0.1, 0.15) is 45.3 Å². The van der Waals surface area contributed by atoms with Crippen LogP contribution >= 0.6 is 23.2 Å². The number of nitrogens with two attached hydrogens (primary N) is 1. The maximum atomic E-state index is 6.49. The maximum absolute atomic E-state index is 6.49. The number of ether oxygens (including phenoxy) is 1. The Morgan fingerprint density at radius 3 is 2.43 bits per heavy atom. The number of hydrogen-bond acceptors (Lipinski definition) is 6. The van der Waals surface area contributed by atoms with Crippen molar-refractivity contribution in [3.63, 3.8) is 0 Å². The first-order valence-corrected chi connectivity index (χ1v) is 11.0. The van der Waals surface area contributed by atoms with Crippen molar-refractivity contribution in [1.82, 2.24) is 15.2 Å². The van der Waals surface area contributed by atoms with E-state index in [9.17, 15) is 0 Å². The van der Waals surface area contributed by atoms with Gasteiger partial charge in [-0.1, -0.05) is 35.8 Å². The normalized spacial score (nSPS) is 17.9. The molecule has 1 aliphatic heterocycles. The van der Waals surface area contributed by atoms with Crippen molar-refractivity contribution in [2.24, 2.45) is 10.8 Å². The Kier molecular flexibility index (Phi) is 9.34. The van der Waals surface area contributed by atoms with E-state index in [1.807, 2.05) is 32.0 Å². The van der Waals surface area contributed by atoms with Crippen molar-refractivity contribution >= 4 is 29.4 Å². The Hall–Kier alpha value is -1.89. The third-order valence-corrected chi connectivity index (χ3v) is 6.06. The number of halogens is 2. The van der Waals surface area contributed by atoms with Crippen molar-refractivity contribution in [2.75, 3.05) is 20.1 Å². The Morgan fingerprint density at radius 2 is 1.90 bits per heavy atom. The van der Waals surface area contributed by atoms with Gasteiger partial charge in [0, 0.05) is 28.9 Å². The number of rotatable bonds is 9. The fraction of sp³-hybridized carbons (Fsp3) is 0.500. The van der Waals surface area contributed by atoms with Gasteiger partial charge in [-0.05, 0) is 64.9 Å². The number of nitrogens with zero attached hydrogens (tertiary/aromatic N) is 3. The molecule has 0 aliphatic carbocycles. The van der Waals surface area contributed by atoms with Crippen LogP contribution in [0.4, 0.5) is 0 Å². The molecular weight excluding hydrogens is 421 g/mol. The van der Waals surface area contributed by atoms with Gasteiger partial charge >= 0.3 is 0 Å². The molecule has 1 heterocycles. The summed E-state index contributed by atoms with van der Waals surface area (Å²) in [4.78, 5) is 1.95. The van der Waals surface area contributed by atoms with Gasteiger partial charge in [0.1, 0.15) is 18.1 Å². The summed E-state index contributed by atoms with van der Waals surface area (Å²) in [6, 6.07) is 5.73. The molecule has 0 amide bonds. The molecule has 1 aromatic rings. The zero-order chi connectivity index (χ0) is 22.3.